The van der Waals surface area contributed by atoms with Crippen molar-refractivity contribution in [1.29, 1.82) is 0 Å². The van der Waals surface area contributed by atoms with Crippen molar-refractivity contribution in [1.82, 2.24) is 15.3 Å². The Balaban J connectivity index is 1.70. The van der Waals surface area contributed by atoms with Crippen LogP contribution < -0.4 is 5.32 Å². The number of H-pyrrole nitrogens is 1. The van der Waals surface area contributed by atoms with E-state index in [2.05, 4.69) is 20.3 Å². The average molecular weight is 398 g/mol. The van der Waals surface area contributed by atoms with Crippen molar-refractivity contribution in [3.05, 3.63) is 65.4 Å². The molecule has 1 amide bonds. The maximum Gasteiger partial charge on any atom is 0.416 e. The van der Waals surface area contributed by atoms with Crippen LogP contribution in [0.1, 0.15) is 29.8 Å². The number of para-hydroxylation sites is 1. The summed E-state index contributed by atoms with van der Waals surface area (Å²) in [6.07, 6.45) is -2.64. The second-order valence-electron chi connectivity index (χ2n) is 6.87. The number of fused-ring (bicyclic) bond motifs is 1. The van der Waals surface area contributed by atoms with E-state index in [0.29, 0.717) is 27.9 Å². The predicted molar refractivity (Wildman–Crippen MR) is 105 cm³/mol. The van der Waals surface area contributed by atoms with E-state index in [0.717, 1.165) is 17.8 Å². The maximum atomic E-state index is 13.0. The number of rotatable bonds is 3. The van der Waals surface area contributed by atoms with Crippen molar-refractivity contribution >= 4 is 22.7 Å². The van der Waals surface area contributed by atoms with Gasteiger partial charge in [0.15, 0.2) is 0 Å². The summed E-state index contributed by atoms with van der Waals surface area (Å²) >= 11 is 0. The maximum absolute atomic E-state index is 13.0. The number of alkyl halides is 3. The molecule has 0 aliphatic carbocycles. The minimum absolute atomic E-state index is 0.141. The molecule has 2 N–H and O–H groups in total. The summed E-state index contributed by atoms with van der Waals surface area (Å²) in [7, 11) is 0. The van der Waals surface area contributed by atoms with Gasteiger partial charge in [-0.3, -0.25) is 9.79 Å². The molecule has 2 aromatic carbocycles. The van der Waals surface area contributed by atoms with Gasteiger partial charge in [0.2, 0.25) is 0 Å². The van der Waals surface area contributed by atoms with Crippen LogP contribution in [0, 0.1) is 0 Å². The molecule has 29 heavy (non-hydrogen) atoms. The van der Waals surface area contributed by atoms with E-state index >= 15 is 0 Å². The number of nitrogens with zero attached hydrogens (tertiary/aromatic N) is 2. The van der Waals surface area contributed by atoms with Crippen LogP contribution >= 0.6 is 0 Å². The second-order valence-corrected chi connectivity index (χ2v) is 6.87. The van der Waals surface area contributed by atoms with Gasteiger partial charge >= 0.3 is 6.18 Å². The number of aliphatic imine (C=N–C) groups is 1. The molecule has 1 unspecified atom stereocenters. The molecule has 0 bridgehead atoms. The van der Waals surface area contributed by atoms with Crippen LogP contribution in [0.3, 0.4) is 0 Å². The lowest BCUT2D eigenvalue weighted by Gasteiger charge is -2.10. The highest BCUT2D eigenvalue weighted by Gasteiger charge is 2.30. The predicted octanol–water partition coefficient (Wildman–Crippen LogP) is 4.73. The second kappa shape index (κ2) is 6.88. The number of hydrogen-bond acceptors (Lipinski definition) is 3. The van der Waals surface area contributed by atoms with Crippen LogP contribution in [0.15, 0.2) is 59.2 Å². The zero-order valence-corrected chi connectivity index (χ0v) is 15.6. The molecule has 1 aliphatic rings. The van der Waals surface area contributed by atoms with Crippen molar-refractivity contribution in [3.63, 3.8) is 0 Å². The number of carbonyl (C=O) groups is 1. The Kier molecular flexibility index (Phi) is 4.49. The fourth-order valence-electron chi connectivity index (χ4n) is 3.29. The van der Waals surface area contributed by atoms with Gasteiger partial charge in [0.25, 0.3) is 5.91 Å². The summed E-state index contributed by atoms with van der Waals surface area (Å²) in [6.45, 7) is 3.73. The fraction of sp³-hybridized carbons (Fsp3) is 0.190. The highest BCUT2D eigenvalue weighted by molar-refractivity contribution is 6.07. The first-order valence-electron chi connectivity index (χ1n) is 8.96. The molecule has 0 spiro atoms. The molecule has 1 aromatic heterocycles. The molecule has 0 radical (unpaired) electrons. The fourth-order valence-corrected chi connectivity index (χ4v) is 3.29. The third-order valence-corrected chi connectivity index (χ3v) is 4.69. The number of nitrogens with one attached hydrogen (secondary N) is 2. The van der Waals surface area contributed by atoms with E-state index in [1.807, 2.05) is 13.8 Å². The Morgan fingerprint density at radius 1 is 1.17 bits per heavy atom. The number of imidazole rings is 1. The third-order valence-electron chi connectivity index (χ3n) is 4.69. The largest absolute Gasteiger partial charge is 0.416 e. The Hall–Kier alpha value is -3.42. The Morgan fingerprint density at radius 2 is 1.93 bits per heavy atom. The number of aromatic nitrogens is 2. The van der Waals surface area contributed by atoms with Crippen LogP contribution in [0.5, 0.6) is 0 Å². The lowest BCUT2D eigenvalue weighted by atomic mass is 10.1. The van der Waals surface area contributed by atoms with E-state index in [-0.39, 0.29) is 17.8 Å². The SMILES string of the molecule is CC1=NC(C)C(NC(=O)c2cccc3[nH]c(-c4cccc(C(F)(F)F)c4)nc23)=C1. The molecule has 8 heteroatoms. The molecule has 148 valence electrons. The molecule has 3 aromatic rings. The summed E-state index contributed by atoms with van der Waals surface area (Å²) < 4.78 is 39.0. The average Bonchev–Trinajstić information content (AvgIpc) is 3.23. The quantitative estimate of drug-likeness (QED) is 0.670. The van der Waals surface area contributed by atoms with E-state index in [4.69, 9.17) is 0 Å². The van der Waals surface area contributed by atoms with Crippen LogP contribution in [0.2, 0.25) is 0 Å². The van der Waals surface area contributed by atoms with Crippen LogP contribution in [0.25, 0.3) is 22.4 Å². The highest BCUT2D eigenvalue weighted by Crippen LogP contribution is 2.32. The first-order chi connectivity index (χ1) is 13.7. The number of allylic oxidation sites excluding steroid dienone is 1. The van der Waals surface area contributed by atoms with Gasteiger partial charge in [-0.25, -0.2) is 4.98 Å². The van der Waals surface area contributed by atoms with Gasteiger partial charge in [0.05, 0.1) is 22.7 Å². The minimum atomic E-state index is -4.45. The standard InChI is InChI=1S/C21H17F3N4O/c1-11-9-17(12(2)25-11)27-20(29)15-7-4-8-16-18(15)28-19(26-16)13-5-3-6-14(10-13)21(22,23)24/h3-10,12H,1-2H3,(H,26,28)(H,27,29). The number of halogens is 3. The number of aromatic amines is 1. The van der Waals surface area contributed by atoms with Crippen LogP contribution in [-0.2, 0) is 6.18 Å². The Morgan fingerprint density at radius 3 is 2.62 bits per heavy atom. The van der Waals surface area contributed by atoms with Crippen molar-refractivity contribution in [3.8, 4) is 11.4 Å². The molecular formula is C21H17F3N4O. The molecule has 0 fully saturated rings. The van der Waals surface area contributed by atoms with Gasteiger partial charge in [0.1, 0.15) is 11.3 Å². The molecule has 4 rings (SSSR count). The first-order valence-corrected chi connectivity index (χ1v) is 8.96. The summed E-state index contributed by atoms with van der Waals surface area (Å²) in [6, 6.07) is 9.81. The number of carbonyl (C=O) groups excluding carboxylic acids is 1. The molecule has 2 heterocycles. The van der Waals surface area contributed by atoms with Crippen molar-refractivity contribution in [2.24, 2.45) is 4.99 Å². The van der Waals surface area contributed by atoms with Gasteiger partial charge < -0.3 is 10.3 Å². The van der Waals surface area contributed by atoms with Crippen molar-refractivity contribution < 1.29 is 18.0 Å². The zero-order valence-electron chi connectivity index (χ0n) is 15.6. The van der Waals surface area contributed by atoms with E-state index < -0.39 is 11.7 Å². The number of benzene rings is 2. The lowest BCUT2D eigenvalue weighted by molar-refractivity contribution is -0.137. The summed E-state index contributed by atoms with van der Waals surface area (Å²) in [5, 5.41) is 2.85. The van der Waals surface area contributed by atoms with Crippen LogP contribution in [-0.4, -0.2) is 27.6 Å². The zero-order chi connectivity index (χ0) is 20.8. The molecule has 0 saturated carbocycles. The van der Waals surface area contributed by atoms with Crippen LogP contribution in [0.4, 0.5) is 13.2 Å². The van der Waals surface area contributed by atoms with Gasteiger partial charge in [-0.1, -0.05) is 18.2 Å². The lowest BCUT2D eigenvalue weighted by Crippen LogP contribution is -2.26. The van der Waals surface area contributed by atoms with Crippen molar-refractivity contribution in [2.45, 2.75) is 26.1 Å². The monoisotopic (exact) mass is 398 g/mol. The molecule has 0 saturated heterocycles. The Labute approximate surface area is 164 Å². The third kappa shape index (κ3) is 3.65. The van der Waals surface area contributed by atoms with E-state index in [1.54, 1.807) is 24.3 Å². The van der Waals surface area contributed by atoms with Gasteiger partial charge in [-0.15, -0.1) is 0 Å². The smallest absolute Gasteiger partial charge is 0.338 e. The molecular weight excluding hydrogens is 381 g/mol. The normalized spacial score (nSPS) is 16.7. The van der Waals surface area contributed by atoms with Gasteiger partial charge in [0, 0.05) is 17.0 Å². The minimum Gasteiger partial charge on any atom is -0.338 e. The first kappa shape index (κ1) is 18.9. The summed E-state index contributed by atoms with van der Waals surface area (Å²) in [4.78, 5) is 24.5. The highest BCUT2D eigenvalue weighted by atomic mass is 19.4. The number of hydrogen-bond donors (Lipinski definition) is 2. The molecule has 1 atom stereocenters. The topological polar surface area (TPSA) is 70.1 Å². The molecule has 1 aliphatic heterocycles. The Bertz CT molecular complexity index is 1170. The van der Waals surface area contributed by atoms with Gasteiger partial charge in [-0.2, -0.15) is 13.2 Å². The van der Waals surface area contributed by atoms with E-state index in [9.17, 15) is 18.0 Å². The summed E-state index contributed by atoms with van der Waals surface area (Å²) in [5.74, 6) is -0.0836. The van der Waals surface area contributed by atoms with Gasteiger partial charge in [-0.05, 0) is 44.2 Å². The summed E-state index contributed by atoms with van der Waals surface area (Å²) in [5.41, 5.74) is 2.34. The van der Waals surface area contributed by atoms with E-state index in [1.165, 1.54) is 12.1 Å². The number of amides is 1. The molecule has 5 nitrogen and oxygen atoms in total. The van der Waals surface area contributed by atoms with Crippen molar-refractivity contribution in [2.75, 3.05) is 0 Å².